The maximum Gasteiger partial charge on any atom is 0.360 e. The second-order valence-corrected chi connectivity index (χ2v) is 4.48. The smallest absolute Gasteiger partial charge is 0.360 e. The van der Waals surface area contributed by atoms with Crippen molar-refractivity contribution < 1.29 is 13.9 Å². The van der Waals surface area contributed by atoms with Crippen molar-refractivity contribution in [2.45, 2.75) is 26.8 Å². The van der Waals surface area contributed by atoms with E-state index in [0.717, 1.165) is 5.56 Å². The number of rotatable bonds is 5. The molecule has 1 atom stereocenters. The van der Waals surface area contributed by atoms with Gasteiger partial charge in [-0.1, -0.05) is 24.3 Å². The molecule has 5 nitrogen and oxygen atoms in total. The average molecular weight is 274 g/mol. The average Bonchev–Trinajstić information content (AvgIpc) is 2.88. The molecule has 5 heteroatoms. The zero-order chi connectivity index (χ0) is 14.5. The van der Waals surface area contributed by atoms with Crippen LogP contribution in [0.2, 0.25) is 0 Å². The third-order valence-corrected chi connectivity index (χ3v) is 2.98. The predicted octanol–water partition coefficient (Wildman–Crippen LogP) is 3.33. The molecule has 2 rings (SSSR count). The van der Waals surface area contributed by atoms with E-state index >= 15 is 0 Å². The summed E-state index contributed by atoms with van der Waals surface area (Å²) in [4.78, 5) is 15.6. The minimum Gasteiger partial charge on any atom is -0.461 e. The van der Waals surface area contributed by atoms with Gasteiger partial charge in [0.25, 0.3) is 6.01 Å². The van der Waals surface area contributed by atoms with Crippen LogP contribution in [0.25, 0.3) is 0 Å². The van der Waals surface area contributed by atoms with Crippen LogP contribution in [-0.4, -0.2) is 17.6 Å². The molecule has 0 saturated carbocycles. The van der Waals surface area contributed by atoms with Crippen LogP contribution in [0.4, 0.5) is 6.01 Å². The molecule has 20 heavy (non-hydrogen) atoms. The molecular formula is C15H18N2O3. The molecule has 0 bridgehead atoms. The molecule has 1 aromatic carbocycles. The maximum atomic E-state index is 11.5. The van der Waals surface area contributed by atoms with E-state index in [2.05, 4.69) is 10.3 Å². The van der Waals surface area contributed by atoms with E-state index in [9.17, 15) is 4.79 Å². The van der Waals surface area contributed by atoms with Crippen LogP contribution < -0.4 is 5.32 Å². The molecule has 0 fully saturated rings. The van der Waals surface area contributed by atoms with E-state index in [4.69, 9.17) is 9.15 Å². The Bertz CT molecular complexity index is 592. The lowest BCUT2D eigenvalue weighted by Gasteiger charge is -2.14. The number of oxazole rings is 1. The van der Waals surface area contributed by atoms with E-state index in [1.165, 1.54) is 11.8 Å². The predicted molar refractivity (Wildman–Crippen MR) is 75.7 cm³/mol. The van der Waals surface area contributed by atoms with E-state index in [1.807, 2.05) is 38.1 Å². The highest BCUT2D eigenvalue weighted by Crippen LogP contribution is 2.21. The fraction of sp³-hybridized carbons (Fsp3) is 0.333. The first kappa shape index (κ1) is 14.1. The van der Waals surface area contributed by atoms with Crippen LogP contribution in [0.15, 0.2) is 34.9 Å². The lowest BCUT2D eigenvalue weighted by atomic mass is 10.0. The zero-order valence-electron chi connectivity index (χ0n) is 11.8. The Morgan fingerprint density at radius 3 is 2.90 bits per heavy atom. The number of anilines is 1. The molecule has 0 aliphatic heterocycles. The van der Waals surface area contributed by atoms with Gasteiger partial charge in [-0.2, -0.15) is 4.98 Å². The highest BCUT2D eigenvalue weighted by Gasteiger charge is 2.15. The van der Waals surface area contributed by atoms with Gasteiger partial charge in [-0.15, -0.1) is 0 Å². The number of aryl methyl sites for hydroxylation is 1. The number of carbonyl (C=O) groups excluding carboxylic acids is 1. The number of benzene rings is 1. The third kappa shape index (κ3) is 3.17. The maximum absolute atomic E-state index is 11.5. The highest BCUT2D eigenvalue weighted by molar-refractivity contribution is 5.87. The first-order valence-corrected chi connectivity index (χ1v) is 6.56. The molecule has 0 amide bonds. The third-order valence-electron chi connectivity index (χ3n) is 2.98. The summed E-state index contributed by atoms with van der Waals surface area (Å²) in [7, 11) is 0. The van der Waals surface area contributed by atoms with E-state index in [-0.39, 0.29) is 11.7 Å². The van der Waals surface area contributed by atoms with Crippen molar-refractivity contribution in [1.82, 2.24) is 4.98 Å². The largest absolute Gasteiger partial charge is 0.461 e. The molecule has 0 aliphatic rings. The molecule has 0 spiro atoms. The molecule has 0 aliphatic carbocycles. The molecule has 2 aromatic rings. The van der Waals surface area contributed by atoms with Crippen molar-refractivity contribution in [2.24, 2.45) is 0 Å². The topological polar surface area (TPSA) is 64.4 Å². The zero-order valence-corrected chi connectivity index (χ0v) is 11.8. The van der Waals surface area contributed by atoms with Crippen molar-refractivity contribution in [3.8, 4) is 0 Å². The molecular weight excluding hydrogens is 256 g/mol. The Morgan fingerprint density at radius 1 is 1.45 bits per heavy atom. The van der Waals surface area contributed by atoms with Crippen molar-refractivity contribution in [3.63, 3.8) is 0 Å². The van der Waals surface area contributed by atoms with Gasteiger partial charge < -0.3 is 14.5 Å². The van der Waals surface area contributed by atoms with Crippen molar-refractivity contribution >= 4 is 12.0 Å². The molecule has 1 unspecified atom stereocenters. The monoisotopic (exact) mass is 274 g/mol. The molecule has 0 radical (unpaired) electrons. The summed E-state index contributed by atoms with van der Waals surface area (Å²) >= 11 is 0. The Morgan fingerprint density at radius 2 is 2.20 bits per heavy atom. The molecule has 1 aromatic heterocycles. The summed E-state index contributed by atoms with van der Waals surface area (Å²) in [5.74, 6) is -0.479. The summed E-state index contributed by atoms with van der Waals surface area (Å²) in [5, 5.41) is 3.13. The SMILES string of the molecule is CCOC(=O)c1coc(NC(C)c2ccccc2C)n1. The number of ether oxygens (including phenoxy) is 1. The number of hydrogen-bond acceptors (Lipinski definition) is 5. The Balaban J connectivity index is 2.07. The quantitative estimate of drug-likeness (QED) is 0.847. The second-order valence-electron chi connectivity index (χ2n) is 4.48. The normalized spacial score (nSPS) is 11.9. The summed E-state index contributed by atoms with van der Waals surface area (Å²) in [5.41, 5.74) is 2.51. The Kier molecular flexibility index (Phi) is 4.40. The first-order chi connectivity index (χ1) is 9.61. The van der Waals surface area contributed by atoms with Gasteiger partial charge in [-0.25, -0.2) is 4.79 Å². The molecule has 1 N–H and O–H groups in total. The van der Waals surface area contributed by atoms with Gasteiger partial charge in [-0.3, -0.25) is 0 Å². The lowest BCUT2D eigenvalue weighted by molar-refractivity contribution is 0.0519. The van der Waals surface area contributed by atoms with Gasteiger partial charge in [0.15, 0.2) is 5.69 Å². The standard InChI is InChI=1S/C15H18N2O3/c1-4-19-14(18)13-9-20-15(17-13)16-11(3)12-8-6-5-7-10(12)2/h5-9,11H,4H2,1-3H3,(H,16,17). The van der Waals surface area contributed by atoms with Crippen molar-refractivity contribution in [3.05, 3.63) is 47.3 Å². The van der Waals surface area contributed by atoms with Gasteiger partial charge in [0.1, 0.15) is 6.26 Å². The number of nitrogens with one attached hydrogen (secondary N) is 1. The Hall–Kier alpha value is -2.30. The summed E-state index contributed by atoms with van der Waals surface area (Å²) in [6, 6.07) is 8.42. The van der Waals surface area contributed by atoms with E-state index < -0.39 is 5.97 Å². The van der Waals surface area contributed by atoms with Gasteiger partial charge in [-0.05, 0) is 31.9 Å². The Labute approximate surface area is 118 Å². The number of nitrogens with zero attached hydrogens (tertiary/aromatic N) is 1. The van der Waals surface area contributed by atoms with Crippen LogP contribution >= 0.6 is 0 Å². The van der Waals surface area contributed by atoms with Gasteiger partial charge >= 0.3 is 5.97 Å². The number of aromatic nitrogens is 1. The number of carbonyl (C=O) groups is 1. The fourth-order valence-electron chi connectivity index (χ4n) is 1.97. The van der Waals surface area contributed by atoms with Crippen LogP contribution in [0, 0.1) is 6.92 Å². The summed E-state index contributed by atoms with van der Waals surface area (Å²) in [6.45, 7) is 6.12. The minimum absolute atomic E-state index is 0.0323. The first-order valence-electron chi connectivity index (χ1n) is 6.56. The molecule has 1 heterocycles. The van der Waals surface area contributed by atoms with E-state index in [0.29, 0.717) is 12.6 Å². The van der Waals surface area contributed by atoms with Crippen LogP contribution in [-0.2, 0) is 4.74 Å². The van der Waals surface area contributed by atoms with Gasteiger partial charge in [0.05, 0.1) is 12.6 Å². The second kappa shape index (κ2) is 6.23. The molecule has 0 saturated heterocycles. The number of esters is 1. The highest BCUT2D eigenvalue weighted by atomic mass is 16.5. The van der Waals surface area contributed by atoms with Crippen molar-refractivity contribution in [1.29, 1.82) is 0 Å². The minimum atomic E-state index is -0.479. The molecule has 106 valence electrons. The van der Waals surface area contributed by atoms with Gasteiger partial charge in [0, 0.05) is 0 Å². The van der Waals surface area contributed by atoms with Crippen LogP contribution in [0.3, 0.4) is 0 Å². The van der Waals surface area contributed by atoms with Crippen molar-refractivity contribution in [2.75, 3.05) is 11.9 Å². The van der Waals surface area contributed by atoms with Crippen LogP contribution in [0.5, 0.6) is 0 Å². The lowest BCUT2D eigenvalue weighted by Crippen LogP contribution is -2.09. The number of hydrogen-bond donors (Lipinski definition) is 1. The summed E-state index contributed by atoms with van der Waals surface area (Å²) < 4.78 is 10.1. The van der Waals surface area contributed by atoms with Gasteiger partial charge in [0.2, 0.25) is 0 Å². The van der Waals surface area contributed by atoms with E-state index in [1.54, 1.807) is 6.92 Å². The fourth-order valence-corrected chi connectivity index (χ4v) is 1.97. The summed E-state index contributed by atoms with van der Waals surface area (Å²) in [6.07, 6.45) is 1.30. The van der Waals surface area contributed by atoms with Crippen LogP contribution in [0.1, 0.15) is 41.5 Å².